The van der Waals surface area contributed by atoms with Crippen LogP contribution in [0.5, 0.6) is 5.75 Å². The molecule has 0 aliphatic heterocycles. The normalized spacial score (nSPS) is 20.1. The lowest BCUT2D eigenvalue weighted by atomic mass is 9.80. The molecule has 0 saturated carbocycles. The Labute approximate surface area is 123 Å². The molecular weight excluding hydrogens is 274 g/mol. The van der Waals surface area contributed by atoms with Gasteiger partial charge in [0.25, 0.3) is 0 Å². The summed E-state index contributed by atoms with van der Waals surface area (Å²) in [7, 11) is 4.26. The number of carbonyl (C=O) groups excluding carboxylic acids is 2. The molecule has 1 amide bonds. The molecule has 2 rings (SSSR count). The number of hydrogen-bond donors (Lipinski definition) is 1. The fourth-order valence-corrected chi connectivity index (χ4v) is 2.67. The molecule has 2 atom stereocenters. The SMILES string of the molecule is COC(=O)NC1Cc2ccc(OC)cc2C(C(=O)OC)C1. The van der Waals surface area contributed by atoms with E-state index < -0.39 is 12.0 Å². The summed E-state index contributed by atoms with van der Waals surface area (Å²) >= 11 is 0. The van der Waals surface area contributed by atoms with Gasteiger partial charge in [-0.2, -0.15) is 0 Å². The van der Waals surface area contributed by atoms with Crippen molar-refractivity contribution in [2.75, 3.05) is 21.3 Å². The van der Waals surface area contributed by atoms with Gasteiger partial charge in [0, 0.05) is 6.04 Å². The first-order valence-electron chi connectivity index (χ1n) is 6.68. The first-order chi connectivity index (χ1) is 10.1. The average molecular weight is 293 g/mol. The van der Waals surface area contributed by atoms with Gasteiger partial charge >= 0.3 is 12.1 Å². The van der Waals surface area contributed by atoms with Crippen LogP contribution in [0.15, 0.2) is 18.2 Å². The lowest BCUT2D eigenvalue weighted by Gasteiger charge is -2.30. The van der Waals surface area contributed by atoms with Crippen LogP contribution in [-0.4, -0.2) is 39.4 Å². The quantitative estimate of drug-likeness (QED) is 0.857. The summed E-state index contributed by atoms with van der Waals surface area (Å²) in [6.07, 6.45) is 0.615. The zero-order chi connectivity index (χ0) is 15.4. The predicted octanol–water partition coefficient (Wildman–Crippen LogP) is 1.62. The highest BCUT2D eigenvalue weighted by molar-refractivity contribution is 5.79. The summed E-state index contributed by atoms with van der Waals surface area (Å²) in [6.45, 7) is 0. The third kappa shape index (κ3) is 3.26. The van der Waals surface area contributed by atoms with E-state index in [9.17, 15) is 9.59 Å². The van der Waals surface area contributed by atoms with Crippen LogP contribution in [0.3, 0.4) is 0 Å². The number of methoxy groups -OCH3 is 3. The van der Waals surface area contributed by atoms with E-state index in [4.69, 9.17) is 9.47 Å². The lowest BCUT2D eigenvalue weighted by molar-refractivity contribution is -0.143. The first-order valence-corrected chi connectivity index (χ1v) is 6.68. The Morgan fingerprint density at radius 3 is 2.57 bits per heavy atom. The first kappa shape index (κ1) is 15.2. The van der Waals surface area contributed by atoms with Gasteiger partial charge in [0.15, 0.2) is 0 Å². The van der Waals surface area contributed by atoms with Crippen molar-refractivity contribution < 1.29 is 23.8 Å². The number of carbonyl (C=O) groups is 2. The summed E-state index contributed by atoms with van der Waals surface area (Å²) in [5.41, 5.74) is 1.89. The van der Waals surface area contributed by atoms with Gasteiger partial charge in [-0.3, -0.25) is 4.79 Å². The van der Waals surface area contributed by atoms with E-state index in [1.165, 1.54) is 14.2 Å². The van der Waals surface area contributed by atoms with Crippen molar-refractivity contribution in [3.05, 3.63) is 29.3 Å². The van der Waals surface area contributed by atoms with Gasteiger partial charge in [0.05, 0.1) is 27.2 Å². The van der Waals surface area contributed by atoms with Gasteiger partial charge in [-0.25, -0.2) is 4.79 Å². The van der Waals surface area contributed by atoms with Gasteiger partial charge in [-0.15, -0.1) is 0 Å². The highest BCUT2D eigenvalue weighted by atomic mass is 16.5. The molecule has 0 aromatic heterocycles. The van der Waals surface area contributed by atoms with Crippen LogP contribution in [0.4, 0.5) is 4.79 Å². The number of fused-ring (bicyclic) bond motifs is 1. The number of benzene rings is 1. The fourth-order valence-electron chi connectivity index (χ4n) is 2.67. The number of esters is 1. The van der Waals surface area contributed by atoms with E-state index in [1.807, 2.05) is 18.2 Å². The maximum Gasteiger partial charge on any atom is 0.407 e. The largest absolute Gasteiger partial charge is 0.497 e. The molecule has 0 saturated heterocycles. The van der Waals surface area contributed by atoms with Crippen molar-refractivity contribution in [2.24, 2.45) is 0 Å². The van der Waals surface area contributed by atoms with E-state index in [0.29, 0.717) is 18.6 Å². The molecule has 6 heteroatoms. The Bertz CT molecular complexity index is 543. The van der Waals surface area contributed by atoms with Gasteiger partial charge in [-0.05, 0) is 36.1 Å². The van der Waals surface area contributed by atoms with E-state index in [2.05, 4.69) is 10.1 Å². The minimum absolute atomic E-state index is 0.164. The molecule has 0 spiro atoms. The Morgan fingerprint density at radius 1 is 1.19 bits per heavy atom. The van der Waals surface area contributed by atoms with Crippen LogP contribution in [-0.2, 0) is 20.7 Å². The zero-order valence-electron chi connectivity index (χ0n) is 12.3. The average Bonchev–Trinajstić information content (AvgIpc) is 2.52. The van der Waals surface area contributed by atoms with Crippen LogP contribution in [0.25, 0.3) is 0 Å². The third-order valence-corrected chi connectivity index (χ3v) is 3.71. The Morgan fingerprint density at radius 2 is 1.95 bits per heavy atom. The highest BCUT2D eigenvalue weighted by Crippen LogP contribution is 2.35. The number of nitrogens with one attached hydrogen (secondary N) is 1. The maximum atomic E-state index is 12.0. The minimum Gasteiger partial charge on any atom is -0.497 e. The smallest absolute Gasteiger partial charge is 0.407 e. The Hall–Kier alpha value is -2.24. The molecule has 0 radical (unpaired) electrons. The van der Waals surface area contributed by atoms with Crippen LogP contribution in [0, 0.1) is 0 Å². The topological polar surface area (TPSA) is 73.9 Å². The second-order valence-electron chi connectivity index (χ2n) is 4.91. The molecular formula is C15H19NO5. The van der Waals surface area contributed by atoms with Crippen LogP contribution >= 0.6 is 0 Å². The molecule has 1 aliphatic carbocycles. The highest BCUT2D eigenvalue weighted by Gasteiger charge is 2.33. The monoisotopic (exact) mass is 293 g/mol. The minimum atomic E-state index is -0.499. The Kier molecular flexibility index (Phi) is 4.67. The molecule has 1 aliphatic rings. The van der Waals surface area contributed by atoms with Gasteiger partial charge < -0.3 is 19.5 Å². The second-order valence-corrected chi connectivity index (χ2v) is 4.91. The fraction of sp³-hybridized carbons (Fsp3) is 0.467. The van der Waals surface area contributed by atoms with Crippen molar-refractivity contribution >= 4 is 12.1 Å². The number of ether oxygens (including phenoxy) is 3. The molecule has 0 fully saturated rings. The molecule has 0 bridgehead atoms. The predicted molar refractivity (Wildman–Crippen MR) is 75.4 cm³/mol. The standard InChI is InChI=1S/C15H19NO5/c1-19-11-5-4-9-6-10(16-15(18)21-3)7-13(12(9)8-11)14(17)20-2/h4-5,8,10,13H,6-7H2,1-3H3,(H,16,18). The van der Waals surface area contributed by atoms with Crippen molar-refractivity contribution in [1.29, 1.82) is 0 Å². The second kappa shape index (κ2) is 6.47. The number of alkyl carbamates (subject to hydrolysis) is 1. The van der Waals surface area contributed by atoms with Crippen molar-refractivity contribution in [1.82, 2.24) is 5.32 Å². The maximum absolute atomic E-state index is 12.0. The van der Waals surface area contributed by atoms with E-state index in [-0.39, 0.29) is 12.0 Å². The summed E-state index contributed by atoms with van der Waals surface area (Å²) in [5.74, 6) is -0.0427. The summed E-state index contributed by atoms with van der Waals surface area (Å²) in [5, 5.41) is 2.75. The summed E-state index contributed by atoms with van der Waals surface area (Å²) < 4.78 is 14.7. The number of hydrogen-bond acceptors (Lipinski definition) is 5. The third-order valence-electron chi connectivity index (χ3n) is 3.71. The molecule has 1 N–H and O–H groups in total. The molecule has 1 aromatic rings. The van der Waals surface area contributed by atoms with Gasteiger partial charge in [0.1, 0.15) is 5.75 Å². The van der Waals surface area contributed by atoms with E-state index in [1.54, 1.807) is 7.11 Å². The van der Waals surface area contributed by atoms with Crippen LogP contribution in [0.2, 0.25) is 0 Å². The van der Waals surface area contributed by atoms with E-state index >= 15 is 0 Å². The molecule has 1 aromatic carbocycles. The summed E-state index contributed by atoms with van der Waals surface area (Å²) in [4.78, 5) is 23.4. The Balaban J connectivity index is 2.31. The molecule has 0 heterocycles. The van der Waals surface area contributed by atoms with E-state index in [0.717, 1.165) is 11.1 Å². The van der Waals surface area contributed by atoms with Crippen LogP contribution < -0.4 is 10.1 Å². The van der Waals surface area contributed by atoms with Crippen molar-refractivity contribution in [3.63, 3.8) is 0 Å². The summed E-state index contributed by atoms with van der Waals surface area (Å²) in [6, 6.07) is 5.44. The molecule has 6 nitrogen and oxygen atoms in total. The number of rotatable bonds is 3. The zero-order valence-corrected chi connectivity index (χ0v) is 12.3. The van der Waals surface area contributed by atoms with Crippen LogP contribution in [0.1, 0.15) is 23.5 Å². The van der Waals surface area contributed by atoms with Crippen molar-refractivity contribution in [3.8, 4) is 5.75 Å². The van der Waals surface area contributed by atoms with Gasteiger partial charge in [0.2, 0.25) is 0 Å². The lowest BCUT2D eigenvalue weighted by Crippen LogP contribution is -2.41. The number of amides is 1. The molecule has 114 valence electrons. The molecule has 21 heavy (non-hydrogen) atoms. The molecule has 2 unspecified atom stereocenters. The van der Waals surface area contributed by atoms with Crippen molar-refractivity contribution in [2.45, 2.75) is 24.8 Å². The van der Waals surface area contributed by atoms with Gasteiger partial charge in [-0.1, -0.05) is 6.07 Å².